The molecule has 264 valence electrons. The highest BCUT2D eigenvalue weighted by Gasteiger charge is 2.54. The second kappa shape index (κ2) is 17.0. The summed E-state index contributed by atoms with van der Waals surface area (Å²) < 4.78 is 5.75. The molecule has 1 saturated heterocycles. The zero-order valence-corrected chi connectivity index (χ0v) is 29.3. The molecule has 4 heterocycles. The minimum atomic E-state index is -1.28. The van der Waals surface area contributed by atoms with Gasteiger partial charge in [-0.2, -0.15) is 0 Å². The Morgan fingerprint density at radius 3 is 2.46 bits per heavy atom. The van der Waals surface area contributed by atoms with Crippen LogP contribution in [0.15, 0.2) is 112 Å². The number of aliphatic carboxylic acids is 1. The zero-order valence-electron chi connectivity index (χ0n) is 26.9. The molecule has 2 aromatic carbocycles. The van der Waals surface area contributed by atoms with Gasteiger partial charge in [-0.1, -0.05) is 83.6 Å². The maximum absolute atomic E-state index is 13.6. The molecule has 1 fully saturated rings. The van der Waals surface area contributed by atoms with E-state index in [0.717, 1.165) is 32.9 Å². The summed E-state index contributed by atoms with van der Waals surface area (Å²) >= 11 is 3.48. The monoisotopic (exact) mass is 756 g/mol. The highest BCUT2D eigenvalue weighted by Crippen LogP contribution is 2.43. The maximum atomic E-state index is 13.6. The van der Waals surface area contributed by atoms with Crippen molar-refractivity contribution in [3.05, 3.63) is 129 Å². The van der Waals surface area contributed by atoms with Crippen molar-refractivity contribution in [2.75, 3.05) is 17.7 Å². The Labute approximate surface area is 309 Å². The Morgan fingerprint density at radius 2 is 1.81 bits per heavy atom. The number of fused-ring (bicyclic) bond motifs is 1. The number of thioether (sulfide) groups is 2. The van der Waals surface area contributed by atoms with E-state index in [1.807, 2.05) is 66.7 Å². The van der Waals surface area contributed by atoms with Crippen molar-refractivity contribution in [3.63, 3.8) is 0 Å². The number of benzene rings is 2. The number of thiazole rings is 1. The van der Waals surface area contributed by atoms with Gasteiger partial charge in [0.15, 0.2) is 16.9 Å². The minimum absolute atomic E-state index is 0.00296. The average molecular weight is 757 g/mol. The molecule has 0 radical (unpaired) electrons. The molecule has 14 nitrogen and oxygen atoms in total. The lowest BCUT2D eigenvalue weighted by atomic mass is 10.0. The zero-order chi connectivity index (χ0) is 36.5. The van der Waals surface area contributed by atoms with Gasteiger partial charge < -0.3 is 25.3 Å². The van der Waals surface area contributed by atoms with Crippen LogP contribution in [0, 0.1) is 0 Å². The number of hydrogen-bond acceptors (Lipinski definition) is 13. The van der Waals surface area contributed by atoms with Gasteiger partial charge in [-0.15, -0.1) is 23.1 Å². The third kappa shape index (κ3) is 8.39. The molecule has 52 heavy (non-hydrogen) atoms. The summed E-state index contributed by atoms with van der Waals surface area (Å²) in [6.45, 7) is -0.673. The average Bonchev–Trinajstić information content (AvgIpc) is 3.63. The van der Waals surface area contributed by atoms with Gasteiger partial charge in [-0.25, -0.2) is 14.6 Å². The second-order valence-electron chi connectivity index (χ2n) is 10.8. The normalized spacial score (nSPS) is 17.0. The predicted octanol–water partition coefficient (Wildman–Crippen LogP) is 4.26. The number of esters is 1. The summed E-state index contributed by atoms with van der Waals surface area (Å²) in [4.78, 5) is 78.4. The van der Waals surface area contributed by atoms with E-state index in [1.54, 1.807) is 29.9 Å². The highest BCUT2D eigenvalue weighted by atomic mass is 32.2. The minimum Gasteiger partial charge on any atom is -0.477 e. The van der Waals surface area contributed by atoms with Gasteiger partial charge in [0.1, 0.15) is 22.8 Å². The first-order valence-electron chi connectivity index (χ1n) is 15.4. The van der Waals surface area contributed by atoms with Crippen molar-refractivity contribution in [1.82, 2.24) is 20.2 Å². The van der Waals surface area contributed by atoms with E-state index in [1.165, 1.54) is 28.9 Å². The number of nitrogens with one attached hydrogen (secondary N) is 2. The first-order valence-corrected chi connectivity index (χ1v) is 18.3. The summed E-state index contributed by atoms with van der Waals surface area (Å²) in [5.41, 5.74) is 1.74. The quantitative estimate of drug-likeness (QED) is 0.0515. The molecule has 2 atom stereocenters. The molecular formula is C35H28N6O8S3. The number of oxime groups is 1. The fourth-order valence-electron chi connectivity index (χ4n) is 5.16. The van der Waals surface area contributed by atoms with Gasteiger partial charge in [0, 0.05) is 28.4 Å². The van der Waals surface area contributed by atoms with Crippen LogP contribution in [0.4, 0.5) is 5.13 Å². The van der Waals surface area contributed by atoms with Crippen LogP contribution in [0.25, 0.3) is 6.08 Å². The van der Waals surface area contributed by atoms with Crippen molar-refractivity contribution < 1.29 is 38.7 Å². The smallest absolute Gasteiger partial charge is 0.353 e. The molecule has 4 aromatic rings. The van der Waals surface area contributed by atoms with Crippen molar-refractivity contribution in [3.8, 4) is 0 Å². The Bertz CT molecular complexity index is 2000. The van der Waals surface area contributed by atoms with Gasteiger partial charge in [-0.05, 0) is 34.2 Å². The molecule has 2 aromatic heterocycles. The Hall–Kier alpha value is -5.78. The van der Waals surface area contributed by atoms with Gasteiger partial charge in [0.25, 0.3) is 11.8 Å². The van der Waals surface area contributed by atoms with E-state index in [2.05, 4.69) is 25.8 Å². The number of aromatic nitrogens is 2. The lowest BCUT2D eigenvalue weighted by Crippen LogP contribution is -2.71. The molecule has 2 aliphatic rings. The molecule has 3 N–H and O–H groups in total. The van der Waals surface area contributed by atoms with E-state index in [-0.39, 0.29) is 28.0 Å². The van der Waals surface area contributed by atoms with Crippen molar-refractivity contribution in [2.24, 2.45) is 5.16 Å². The van der Waals surface area contributed by atoms with Crippen LogP contribution < -0.4 is 10.6 Å². The molecule has 0 spiro atoms. The van der Waals surface area contributed by atoms with Gasteiger partial charge in [0.2, 0.25) is 13.0 Å². The number of anilines is 1. The molecule has 0 saturated carbocycles. The number of hydrogen-bond donors (Lipinski definition) is 3. The number of ether oxygens (including phenoxy) is 1. The van der Waals surface area contributed by atoms with Crippen LogP contribution in [0.2, 0.25) is 0 Å². The van der Waals surface area contributed by atoms with E-state index >= 15 is 0 Å². The Morgan fingerprint density at radius 1 is 1.08 bits per heavy atom. The first kappa shape index (κ1) is 36.0. The topological polar surface area (TPSA) is 189 Å². The largest absolute Gasteiger partial charge is 0.477 e. The van der Waals surface area contributed by atoms with Gasteiger partial charge in [-0.3, -0.25) is 24.3 Å². The number of carbonyl (C=O) groups is 5. The summed E-state index contributed by atoms with van der Waals surface area (Å²) in [5.74, 6) is -3.28. The van der Waals surface area contributed by atoms with Crippen LogP contribution >= 0.6 is 34.9 Å². The van der Waals surface area contributed by atoms with Gasteiger partial charge >= 0.3 is 11.9 Å². The lowest BCUT2D eigenvalue weighted by Gasteiger charge is -2.49. The Balaban J connectivity index is 1.15. The standard InChI is InChI=1S/C35H28N6O8S3/c42-20-37-35-38-24(18-52-35)27(40-48-17-26(43)49-30(22-9-3-1-4-10-22)23-11-5-2-6-12-23)31(44)39-28-32(45)41-29(34(46)47)25(19-51-33(28)41)50-15-13-21-8-7-14-36-16-21/h1-16,18,20,28,30,33H,17,19H2,(H,39,44)(H,46,47)(H,37,38,42)/t28?,33-/m0/s1. The number of carboxylic acids is 1. The van der Waals surface area contributed by atoms with Gasteiger partial charge in [0.05, 0.1) is 0 Å². The van der Waals surface area contributed by atoms with Crippen LogP contribution in [-0.2, 0) is 33.5 Å². The van der Waals surface area contributed by atoms with Crippen LogP contribution in [0.1, 0.15) is 28.5 Å². The number of rotatable bonds is 15. The summed E-state index contributed by atoms with van der Waals surface area (Å²) in [5, 5.41) is 21.5. The molecule has 0 aliphatic carbocycles. The summed E-state index contributed by atoms with van der Waals surface area (Å²) in [6, 6.07) is 20.8. The number of pyridine rings is 1. The number of carboxylic acid groups (broad SMARTS) is 1. The maximum Gasteiger partial charge on any atom is 0.353 e. The number of carbonyl (C=O) groups excluding carboxylic acids is 4. The van der Waals surface area contributed by atoms with Crippen LogP contribution in [-0.4, -0.2) is 79.6 Å². The lowest BCUT2D eigenvalue weighted by molar-refractivity contribution is -0.153. The fraction of sp³-hybridized carbons (Fsp3) is 0.143. The first-order chi connectivity index (χ1) is 25.3. The van der Waals surface area contributed by atoms with E-state index in [9.17, 15) is 29.1 Å². The van der Waals surface area contributed by atoms with Crippen molar-refractivity contribution in [1.29, 1.82) is 0 Å². The second-order valence-corrected chi connectivity index (χ2v) is 13.8. The summed E-state index contributed by atoms with van der Waals surface area (Å²) in [6.07, 6.45) is 4.77. The van der Waals surface area contributed by atoms with Crippen LogP contribution in [0.5, 0.6) is 0 Å². The van der Waals surface area contributed by atoms with Crippen molar-refractivity contribution in [2.45, 2.75) is 17.5 Å². The number of amides is 3. The molecule has 3 amide bonds. The van der Waals surface area contributed by atoms with E-state index < -0.39 is 47.9 Å². The van der Waals surface area contributed by atoms with E-state index in [4.69, 9.17) is 9.57 Å². The molecular weight excluding hydrogens is 729 g/mol. The summed E-state index contributed by atoms with van der Waals surface area (Å²) in [7, 11) is 0. The number of β-lactam (4-membered cyclic amide) rings is 1. The molecule has 1 unspecified atom stereocenters. The third-order valence-corrected chi connectivity index (χ3v) is 10.6. The highest BCUT2D eigenvalue weighted by molar-refractivity contribution is 8.08. The number of nitrogens with zero attached hydrogens (tertiary/aromatic N) is 4. The molecule has 17 heteroatoms. The third-order valence-electron chi connectivity index (χ3n) is 7.51. The predicted molar refractivity (Wildman–Crippen MR) is 196 cm³/mol. The Kier molecular flexibility index (Phi) is 11.7. The van der Waals surface area contributed by atoms with Crippen LogP contribution in [0.3, 0.4) is 0 Å². The van der Waals surface area contributed by atoms with E-state index in [0.29, 0.717) is 11.3 Å². The molecule has 6 rings (SSSR count). The SMILES string of the molecule is O=CNc1nc(C(=NOCC(=O)OC(c2ccccc2)c2ccccc2)C(=O)NC2C(=O)N3C(C(=O)O)=C(SC=Cc4cccnc4)CS[C@@H]23)cs1. The molecule has 2 aliphatic heterocycles. The van der Waals surface area contributed by atoms with Crippen molar-refractivity contribution >= 4 is 81.9 Å². The molecule has 0 bridgehead atoms. The fourth-order valence-corrected chi connectivity index (χ4v) is 8.18.